The van der Waals surface area contributed by atoms with Crippen LogP contribution in [-0.4, -0.2) is 36.6 Å². The third kappa shape index (κ3) is 3.96. The summed E-state index contributed by atoms with van der Waals surface area (Å²) in [5.74, 6) is 1.82. The van der Waals surface area contributed by atoms with E-state index in [0.717, 1.165) is 23.9 Å². The summed E-state index contributed by atoms with van der Waals surface area (Å²) in [7, 11) is 0. The zero-order valence-electron chi connectivity index (χ0n) is 11.9. The molecule has 1 saturated heterocycles. The average Bonchev–Trinajstić information content (AvgIpc) is 3.11. The van der Waals surface area contributed by atoms with Crippen molar-refractivity contribution in [1.29, 1.82) is 0 Å². The SMILES string of the molecule is CCCCN1CC(C2CC2)NCC1CC(C)C. The first-order valence-electron chi connectivity index (χ1n) is 7.68. The highest BCUT2D eigenvalue weighted by atomic mass is 15.2. The van der Waals surface area contributed by atoms with Gasteiger partial charge in [0.15, 0.2) is 0 Å². The number of piperazine rings is 1. The molecule has 0 spiro atoms. The molecular formula is C15H30N2. The Bertz CT molecular complexity index is 223. The number of nitrogens with one attached hydrogen (secondary N) is 1. The zero-order valence-corrected chi connectivity index (χ0v) is 11.9. The minimum Gasteiger partial charge on any atom is -0.311 e. The normalized spacial score (nSPS) is 31.1. The van der Waals surface area contributed by atoms with Crippen LogP contribution in [0.4, 0.5) is 0 Å². The van der Waals surface area contributed by atoms with Gasteiger partial charge in [-0.15, -0.1) is 0 Å². The van der Waals surface area contributed by atoms with Gasteiger partial charge in [-0.1, -0.05) is 27.2 Å². The van der Waals surface area contributed by atoms with Crippen LogP contribution in [0.5, 0.6) is 0 Å². The maximum Gasteiger partial charge on any atom is 0.0224 e. The van der Waals surface area contributed by atoms with Crippen molar-refractivity contribution in [2.75, 3.05) is 19.6 Å². The van der Waals surface area contributed by atoms with Gasteiger partial charge in [-0.2, -0.15) is 0 Å². The van der Waals surface area contributed by atoms with Gasteiger partial charge in [0.2, 0.25) is 0 Å². The molecule has 0 aromatic rings. The Hall–Kier alpha value is -0.0800. The number of nitrogens with zero attached hydrogens (tertiary/aromatic N) is 1. The maximum absolute atomic E-state index is 3.80. The molecule has 2 fully saturated rings. The van der Waals surface area contributed by atoms with E-state index in [1.54, 1.807) is 0 Å². The summed E-state index contributed by atoms with van der Waals surface area (Å²) in [5.41, 5.74) is 0. The van der Waals surface area contributed by atoms with Crippen LogP contribution in [0, 0.1) is 11.8 Å². The number of unbranched alkanes of at least 4 members (excludes halogenated alkanes) is 1. The molecule has 0 radical (unpaired) electrons. The Labute approximate surface area is 107 Å². The van der Waals surface area contributed by atoms with Gasteiger partial charge in [0, 0.05) is 25.2 Å². The van der Waals surface area contributed by atoms with E-state index in [-0.39, 0.29) is 0 Å². The summed E-state index contributed by atoms with van der Waals surface area (Å²) >= 11 is 0. The van der Waals surface area contributed by atoms with E-state index >= 15 is 0 Å². The lowest BCUT2D eigenvalue weighted by molar-refractivity contribution is 0.106. The van der Waals surface area contributed by atoms with Crippen molar-refractivity contribution in [3.63, 3.8) is 0 Å². The largest absolute Gasteiger partial charge is 0.311 e. The van der Waals surface area contributed by atoms with Crippen LogP contribution in [0.1, 0.15) is 52.9 Å². The molecule has 0 amide bonds. The Kier molecular flexibility index (Phi) is 4.87. The van der Waals surface area contributed by atoms with Crippen molar-refractivity contribution in [3.05, 3.63) is 0 Å². The van der Waals surface area contributed by atoms with Gasteiger partial charge in [-0.3, -0.25) is 4.90 Å². The topological polar surface area (TPSA) is 15.3 Å². The molecule has 0 aromatic heterocycles. The van der Waals surface area contributed by atoms with Crippen LogP contribution in [0.2, 0.25) is 0 Å². The molecular weight excluding hydrogens is 208 g/mol. The minimum absolute atomic E-state index is 0.788. The first kappa shape index (κ1) is 13.4. The van der Waals surface area contributed by atoms with Gasteiger partial charge in [-0.25, -0.2) is 0 Å². The molecule has 1 saturated carbocycles. The highest BCUT2D eigenvalue weighted by Gasteiger charge is 2.36. The summed E-state index contributed by atoms with van der Waals surface area (Å²) < 4.78 is 0. The van der Waals surface area contributed by atoms with E-state index in [4.69, 9.17) is 0 Å². The second-order valence-corrected chi connectivity index (χ2v) is 6.48. The highest BCUT2D eigenvalue weighted by molar-refractivity contribution is 4.94. The van der Waals surface area contributed by atoms with Crippen LogP contribution in [0.15, 0.2) is 0 Å². The Morgan fingerprint density at radius 1 is 1.29 bits per heavy atom. The molecule has 1 N–H and O–H groups in total. The Morgan fingerprint density at radius 3 is 2.65 bits per heavy atom. The predicted molar refractivity (Wildman–Crippen MR) is 74.2 cm³/mol. The van der Waals surface area contributed by atoms with Gasteiger partial charge in [0.05, 0.1) is 0 Å². The molecule has 17 heavy (non-hydrogen) atoms. The van der Waals surface area contributed by atoms with Crippen molar-refractivity contribution in [2.45, 2.75) is 65.0 Å². The van der Waals surface area contributed by atoms with Crippen LogP contribution >= 0.6 is 0 Å². The summed E-state index contributed by atoms with van der Waals surface area (Å²) in [6.45, 7) is 10.9. The number of hydrogen-bond acceptors (Lipinski definition) is 2. The first-order valence-corrected chi connectivity index (χ1v) is 7.68. The molecule has 0 aromatic carbocycles. The summed E-state index contributed by atoms with van der Waals surface area (Å²) in [4.78, 5) is 2.78. The summed E-state index contributed by atoms with van der Waals surface area (Å²) in [5, 5.41) is 3.80. The quantitative estimate of drug-likeness (QED) is 0.765. The predicted octanol–water partition coefficient (Wildman–Crippen LogP) is 2.89. The Morgan fingerprint density at radius 2 is 2.06 bits per heavy atom. The fraction of sp³-hybridized carbons (Fsp3) is 1.00. The van der Waals surface area contributed by atoms with Crippen LogP contribution in [0.25, 0.3) is 0 Å². The van der Waals surface area contributed by atoms with Crippen molar-refractivity contribution in [2.24, 2.45) is 11.8 Å². The highest BCUT2D eigenvalue weighted by Crippen LogP contribution is 2.34. The van der Waals surface area contributed by atoms with E-state index in [9.17, 15) is 0 Å². The third-order valence-electron chi connectivity index (χ3n) is 4.30. The molecule has 2 rings (SSSR count). The van der Waals surface area contributed by atoms with Crippen LogP contribution in [0.3, 0.4) is 0 Å². The van der Waals surface area contributed by atoms with Gasteiger partial charge in [0.25, 0.3) is 0 Å². The van der Waals surface area contributed by atoms with Gasteiger partial charge < -0.3 is 5.32 Å². The van der Waals surface area contributed by atoms with E-state index in [1.165, 1.54) is 51.7 Å². The van der Waals surface area contributed by atoms with Crippen molar-refractivity contribution in [1.82, 2.24) is 10.2 Å². The summed E-state index contributed by atoms with van der Waals surface area (Å²) in [6, 6.07) is 1.59. The molecule has 1 aliphatic carbocycles. The molecule has 2 atom stereocenters. The average molecular weight is 238 g/mol. The minimum atomic E-state index is 0.788. The van der Waals surface area contributed by atoms with Crippen LogP contribution in [-0.2, 0) is 0 Å². The summed E-state index contributed by atoms with van der Waals surface area (Å²) in [6.07, 6.45) is 6.98. The van der Waals surface area contributed by atoms with Crippen molar-refractivity contribution >= 4 is 0 Å². The van der Waals surface area contributed by atoms with Gasteiger partial charge in [-0.05, 0) is 44.1 Å². The van der Waals surface area contributed by atoms with Gasteiger partial charge >= 0.3 is 0 Å². The monoisotopic (exact) mass is 238 g/mol. The van der Waals surface area contributed by atoms with Gasteiger partial charge in [0.1, 0.15) is 0 Å². The van der Waals surface area contributed by atoms with E-state index in [0.29, 0.717) is 0 Å². The lowest BCUT2D eigenvalue weighted by Crippen LogP contribution is -2.57. The zero-order chi connectivity index (χ0) is 12.3. The lowest BCUT2D eigenvalue weighted by Gasteiger charge is -2.41. The second kappa shape index (κ2) is 6.19. The molecule has 1 aliphatic heterocycles. The smallest absolute Gasteiger partial charge is 0.0224 e. The van der Waals surface area contributed by atoms with E-state index < -0.39 is 0 Å². The first-order chi connectivity index (χ1) is 8.20. The molecule has 2 heteroatoms. The fourth-order valence-corrected chi connectivity index (χ4v) is 3.11. The van der Waals surface area contributed by atoms with E-state index in [2.05, 4.69) is 31.0 Å². The lowest BCUT2D eigenvalue weighted by atomic mass is 9.97. The third-order valence-corrected chi connectivity index (χ3v) is 4.30. The molecule has 100 valence electrons. The molecule has 2 unspecified atom stereocenters. The second-order valence-electron chi connectivity index (χ2n) is 6.48. The molecule has 1 heterocycles. The number of hydrogen-bond donors (Lipinski definition) is 1. The fourth-order valence-electron chi connectivity index (χ4n) is 3.11. The molecule has 2 nitrogen and oxygen atoms in total. The standard InChI is InChI=1S/C15H30N2/c1-4-5-8-17-11-15(13-6-7-13)16-10-14(17)9-12(2)3/h12-16H,4-11H2,1-3H3. The number of rotatable bonds is 6. The Balaban J connectivity index is 1.86. The molecule has 2 aliphatic rings. The van der Waals surface area contributed by atoms with E-state index in [1.807, 2.05) is 0 Å². The van der Waals surface area contributed by atoms with Crippen LogP contribution < -0.4 is 5.32 Å². The molecule has 0 bridgehead atoms. The van der Waals surface area contributed by atoms with Crippen molar-refractivity contribution < 1.29 is 0 Å². The van der Waals surface area contributed by atoms with Crippen molar-refractivity contribution in [3.8, 4) is 0 Å². The maximum atomic E-state index is 3.80.